The first-order chi connectivity index (χ1) is 14.0. The normalized spacial score (nSPS) is 15.1. The number of anilines is 1. The number of hydrogen-bond acceptors (Lipinski definition) is 4. The summed E-state index contributed by atoms with van der Waals surface area (Å²) in [6.45, 7) is 5.71. The van der Waals surface area contributed by atoms with Crippen molar-refractivity contribution < 1.29 is 14.4 Å². The van der Waals surface area contributed by atoms with Crippen molar-refractivity contribution in [3.8, 4) is 0 Å². The number of nitrogens with one attached hydrogen (secondary N) is 2. The van der Waals surface area contributed by atoms with Gasteiger partial charge in [0.2, 0.25) is 5.91 Å². The highest BCUT2D eigenvalue weighted by Gasteiger charge is 2.32. The Labute approximate surface area is 174 Å². The molecule has 154 valence electrons. The Kier molecular flexibility index (Phi) is 6.87. The van der Waals surface area contributed by atoms with Gasteiger partial charge in [0.15, 0.2) is 0 Å². The molecule has 1 aromatic carbocycles. The van der Waals surface area contributed by atoms with Crippen LogP contribution in [0, 0.1) is 5.92 Å². The third kappa shape index (κ3) is 5.35. The molecule has 1 aromatic heterocycles. The van der Waals surface area contributed by atoms with E-state index in [4.69, 9.17) is 0 Å². The minimum absolute atomic E-state index is 0.00729. The summed E-state index contributed by atoms with van der Waals surface area (Å²) in [6, 6.07) is 11.7. The zero-order valence-electron chi connectivity index (χ0n) is 16.6. The van der Waals surface area contributed by atoms with Crippen LogP contribution in [-0.4, -0.2) is 59.9 Å². The number of rotatable bonds is 5. The first-order valence-corrected chi connectivity index (χ1v) is 10.6. The minimum Gasteiger partial charge on any atom is -0.337 e. The average molecular weight is 415 g/mol. The van der Waals surface area contributed by atoms with Crippen LogP contribution in [0.2, 0.25) is 0 Å². The summed E-state index contributed by atoms with van der Waals surface area (Å²) >= 11 is 1.42. The molecule has 0 radical (unpaired) electrons. The standard InChI is InChI=1S/C21H26N4O3S/c1-15(2)18(23-21(28)22-16-7-4-3-5-8-16)20(27)25-12-10-24(11-13-25)19(26)17-9-6-14-29-17/h3-9,14-15,18H,10-13H2,1-2H3,(H2,22,23,28)/t18-/m1/s1. The number of nitrogens with zero attached hydrogens (tertiary/aromatic N) is 2. The molecule has 0 saturated carbocycles. The van der Waals surface area contributed by atoms with Gasteiger partial charge in [0.25, 0.3) is 5.91 Å². The summed E-state index contributed by atoms with van der Waals surface area (Å²) in [5, 5.41) is 7.43. The first-order valence-electron chi connectivity index (χ1n) is 9.70. The maximum Gasteiger partial charge on any atom is 0.319 e. The number of thiophene rings is 1. The highest BCUT2D eigenvalue weighted by molar-refractivity contribution is 7.12. The number of piperazine rings is 1. The number of carbonyl (C=O) groups excluding carboxylic acids is 3. The zero-order chi connectivity index (χ0) is 20.8. The molecule has 1 aliphatic rings. The molecule has 29 heavy (non-hydrogen) atoms. The lowest BCUT2D eigenvalue weighted by molar-refractivity contribution is -0.135. The Morgan fingerprint density at radius 3 is 2.17 bits per heavy atom. The lowest BCUT2D eigenvalue weighted by Gasteiger charge is -2.37. The van der Waals surface area contributed by atoms with E-state index < -0.39 is 12.1 Å². The third-order valence-corrected chi connectivity index (χ3v) is 5.72. The average Bonchev–Trinajstić information content (AvgIpc) is 3.26. The second kappa shape index (κ2) is 9.56. The Balaban J connectivity index is 1.55. The highest BCUT2D eigenvalue weighted by Crippen LogP contribution is 2.15. The third-order valence-electron chi connectivity index (χ3n) is 4.86. The second-order valence-corrected chi connectivity index (χ2v) is 8.23. The SMILES string of the molecule is CC(C)[C@@H](NC(=O)Nc1ccccc1)C(=O)N1CCN(C(=O)c2cccs2)CC1. The summed E-state index contributed by atoms with van der Waals surface area (Å²) in [6.07, 6.45) is 0. The van der Waals surface area contributed by atoms with Crippen LogP contribution in [-0.2, 0) is 4.79 Å². The van der Waals surface area contributed by atoms with Gasteiger partial charge in [-0.15, -0.1) is 11.3 Å². The van der Waals surface area contributed by atoms with Gasteiger partial charge in [0, 0.05) is 31.9 Å². The fourth-order valence-electron chi connectivity index (χ4n) is 3.23. The van der Waals surface area contributed by atoms with Gasteiger partial charge >= 0.3 is 6.03 Å². The van der Waals surface area contributed by atoms with Crippen LogP contribution in [0.15, 0.2) is 47.8 Å². The van der Waals surface area contributed by atoms with Crippen LogP contribution in [0.4, 0.5) is 10.5 Å². The van der Waals surface area contributed by atoms with Crippen LogP contribution in [0.25, 0.3) is 0 Å². The molecule has 0 spiro atoms. The number of carbonyl (C=O) groups is 3. The van der Waals surface area contributed by atoms with E-state index in [-0.39, 0.29) is 17.7 Å². The van der Waals surface area contributed by atoms with Crippen molar-refractivity contribution >= 4 is 34.9 Å². The molecule has 0 unspecified atom stereocenters. The van der Waals surface area contributed by atoms with Crippen LogP contribution in [0.3, 0.4) is 0 Å². The van der Waals surface area contributed by atoms with E-state index in [2.05, 4.69) is 10.6 Å². The van der Waals surface area contributed by atoms with Crippen LogP contribution >= 0.6 is 11.3 Å². The topological polar surface area (TPSA) is 81.8 Å². The van der Waals surface area contributed by atoms with E-state index in [0.717, 1.165) is 0 Å². The number of benzene rings is 1. The molecule has 2 N–H and O–H groups in total. The lowest BCUT2D eigenvalue weighted by atomic mass is 10.0. The smallest absolute Gasteiger partial charge is 0.319 e. The first kappa shape index (κ1) is 20.9. The van der Waals surface area contributed by atoms with E-state index >= 15 is 0 Å². The van der Waals surface area contributed by atoms with Gasteiger partial charge in [0.1, 0.15) is 6.04 Å². The maximum atomic E-state index is 13.0. The molecule has 1 fully saturated rings. The number of para-hydroxylation sites is 1. The molecule has 2 aromatic rings. The largest absolute Gasteiger partial charge is 0.337 e. The molecule has 0 aliphatic carbocycles. The van der Waals surface area contributed by atoms with E-state index in [1.54, 1.807) is 21.9 Å². The summed E-state index contributed by atoms with van der Waals surface area (Å²) in [5.41, 5.74) is 0.667. The number of amides is 4. The van der Waals surface area contributed by atoms with Gasteiger partial charge in [-0.3, -0.25) is 9.59 Å². The molecule has 8 heteroatoms. The lowest BCUT2D eigenvalue weighted by Crippen LogP contribution is -2.57. The van der Waals surface area contributed by atoms with E-state index in [9.17, 15) is 14.4 Å². The predicted molar refractivity (Wildman–Crippen MR) is 114 cm³/mol. The molecular formula is C21H26N4O3S. The van der Waals surface area contributed by atoms with Crippen molar-refractivity contribution in [2.24, 2.45) is 5.92 Å². The van der Waals surface area contributed by atoms with Crippen molar-refractivity contribution in [1.29, 1.82) is 0 Å². The fraction of sp³-hybridized carbons (Fsp3) is 0.381. The molecule has 0 bridgehead atoms. The van der Waals surface area contributed by atoms with Crippen LogP contribution in [0.5, 0.6) is 0 Å². The van der Waals surface area contributed by atoms with Gasteiger partial charge in [-0.1, -0.05) is 38.1 Å². The summed E-state index contributed by atoms with van der Waals surface area (Å²) in [5.74, 6) is -0.172. The molecule has 1 aliphatic heterocycles. The van der Waals surface area contributed by atoms with Gasteiger partial charge < -0.3 is 20.4 Å². The number of hydrogen-bond donors (Lipinski definition) is 2. The summed E-state index contributed by atoms with van der Waals surface area (Å²) in [7, 11) is 0. The fourth-order valence-corrected chi connectivity index (χ4v) is 3.92. The maximum absolute atomic E-state index is 13.0. The van der Waals surface area contributed by atoms with E-state index in [1.165, 1.54) is 11.3 Å². The molecule has 4 amide bonds. The summed E-state index contributed by atoms with van der Waals surface area (Å²) in [4.78, 5) is 42.0. The molecule has 2 heterocycles. The van der Waals surface area contributed by atoms with Crippen molar-refractivity contribution in [2.75, 3.05) is 31.5 Å². The Bertz CT molecular complexity index is 831. The Hall–Kier alpha value is -2.87. The van der Waals surface area contributed by atoms with Gasteiger partial charge in [-0.25, -0.2) is 4.79 Å². The Morgan fingerprint density at radius 2 is 1.59 bits per heavy atom. The van der Waals surface area contributed by atoms with Crippen molar-refractivity contribution in [1.82, 2.24) is 15.1 Å². The predicted octanol–water partition coefficient (Wildman–Crippen LogP) is 2.88. The molecule has 3 rings (SSSR count). The molecule has 7 nitrogen and oxygen atoms in total. The monoisotopic (exact) mass is 414 g/mol. The van der Waals surface area contributed by atoms with Crippen LogP contribution < -0.4 is 10.6 Å². The Morgan fingerprint density at radius 1 is 0.931 bits per heavy atom. The summed E-state index contributed by atoms with van der Waals surface area (Å²) < 4.78 is 0. The second-order valence-electron chi connectivity index (χ2n) is 7.28. The van der Waals surface area contributed by atoms with Crippen molar-refractivity contribution in [3.05, 3.63) is 52.7 Å². The zero-order valence-corrected chi connectivity index (χ0v) is 17.4. The molecule has 1 atom stereocenters. The van der Waals surface area contributed by atoms with E-state index in [0.29, 0.717) is 36.7 Å². The van der Waals surface area contributed by atoms with E-state index in [1.807, 2.05) is 49.6 Å². The van der Waals surface area contributed by atoms with Gasteiger partial charge in [-0.05, 0) is 29.5 Å². The number of urea groups is 1. The van der Waals surface area contributed by atoms with Crippen molar-refractivity contribution in [3.63, 3.8) is 0 Å². The van der Waals surface area contributed by atoms with Gasteiger partial charge in [-0.2, -0.15) is 0 Å². The van der Waals surface area contributed by atoms with Gasteiger partial charge in [0.05, 0.1) is 4.88 Å². The molecular weight excluding hydrogens is 388 g/mol. The highest BCUT2D eigenvalue weighted by atomic mass is 32.1. The minimum atomic E-state index is -0.627. The molecule has 1 saturated heterocycles. The van der Waals surface area contributed by atoms with Crippen molar-refractivity contribution in [2.45, 2.75) is 19.9 Å². The van der Waals surface area contributed by atoms with Crippen LogP contribution in [0.1, 0.15) is 23.5 Å². The quantitative estimate of drug-likeness (QED) is 0.789.